The highest BCUT2D eigenvalue weighted by Crippen LogP contribution is 2.29. The highest BCUT2D eigenvalue weighted by atomic mass is 32.1. The number of nitrogens with zero attached hydrogens (tertiary/aromatic N) is 3. The van der Waals surface area contributed by atoms with Crippen LogP contribution in [0.1, 0.15) is 49.1 Å². The number of amides is 2. The van der Waals surface area contributed by atoms with Crippen molar-refractivity contribution in [1.29, 1.82) is 0 Å². The van der Waals surface area contributed by atoms with Crippen LogP contribution in [0.5, 0.6) is 0 Å². The summed E-state index contributed by atoms with van der Waals surface area (Å²) in [7, 11) is 0. The molecule has 2 saturated heterocycles. The molecule has 1 aromatic carbocycles. The van der Waals surface area contributed by atoms with Crippen molar-refractivity contribution in [2.24, 2.45) is 5.92 Å². The largest absolute Gasteiger partial charge is 0.445 e. The summed E-state index contributed by atoms with van der Waals surface area (Å²) in [6, 6.07) is 4.85. The SMILES string of the molecule is C[C@@H](OCC1CCOCC1)[C@H](NC(=O)OCc1ccc([N+](=O)[O-])cc1)C(=O)N1CCC(c2nccs2)CC1. The predicted octanol–water partition coefficient (Wildman–Crippen LogP) is 3.88. The van der Waals surface area contributed by atoms with E-state index in [0.717, 1.165) is 30.7 Å². The van der Waals surface area contributed by atoms with Crippen LogP contribution in [0, 0.1) is 16.0 Å². The molecule has 2 aliphatic heterocycles. The van der Waals surface area contributed by atoms with Crippen LogP contribution in [0.15, 0.2) is 35.8 Å². The number of alkyl carbamates (subject to hydrolysis) is 1. The number of carbonyl (C=O) groups excluding carboxylic acids is 2. The van der Waals surface area contributed by atoms with Gasteiger partial charge in [-0.2, -0.15) is 0 Å². The maximum Gasteiger partial charge on any atom is 0.408 e. The number of ether oxygens (including phenoxy) is 3. The molecule has 0 bridgehead atoms. The zero-order valence-electron chi connectivity index (χ0n) is 21.5. The van der Waals surface area contributed by atoms with Gasteiger partial charge in [-0.1, -0.05) is 0 Å². The maximum absolute atomic E-state index is 13.6. The number of benzene rings is 1. The lowest BCUT2D eigenvalue weighted by molar-refractivity contribution is -0.384. The van der Waals surface area contributed by atoms with E-state index in [-0.39, 0.29) is 18.2 Å². The van der Waals surface area contributed by atoms with Crippen LogP contribution < -0.4 is 5.32 Å². The van der Waals surface area contributed by atoms with Crippen molar-refractivity contribution >= 4 is 29.0 Å². The van der Waals surface area contributed by atoms with Gasteiger partial charge < -0.3 is 24.4 Å². The van der Waals surface area contributed by atoms with E-state index in [0.29, 0.717) is 50.3 Å². The molecule has 1 N–H and O–H groups in total. The molecule has 4 rings (SSSR count). The summed E-state index contributed by atoms with van der Waals surface area (Å²) < 4.78 is 16.8. The van der Waals surface area contributed by atoms with Crippen LogP contribution in [-0.2, 0) is 25.6 Å². The molecule has 0 radical (unpaired) electrons. The summed E-state index contributed by atoms with van der Waals surface area (Å²) in [4.78, 5) is 42.8. The van der Waals surface area contributed by atoms with Crippen LogP contribution in [-0.4, -0.2) is 71.9 Å². The van der Waals surface area contributed by atoms with Crippen LogP contribution in [0.25, 0.3) is 0 Å². The molecule has 11 nitrogen and oxygen atoms in total. The molecular weight excluding hydrogens is 512 g/mol. The first kappa shape index (κ1) is 27.9. The molecule has 0 saturated carbocycles. The molecule has 2 aliphatic rings. The van der Waals surface area contributed by atoms with Gasteiger partial charge in [0.2, 0.25) is 5.91 Å². The van der Waals surface area contributed by atoms with E-state index in [1.807, 2.05) is 5.38 Å². The number of thiazole rings is 1. The fourth-order valence-corrected chi connectivity index (χ4v) is 5.50. The Balaban J connectivity index is 1.35. The summed E-state index contributed by atoms with van der Waals surface area (Å²) in [5.41, 5.74) is 0.555. The summed E-state index contributed by atoms with van der Waals surface area (Å²) in [5, 5.41) is 16.6. The molecule has 0 aliphatic carbocycles. The number of rotatable bonds is 10. The average molecular weight is 547 g/mol. The quantitative estimate of drug-likeness (QED) is 0.351. The number of hydrogen-bond acceptors (Lipinski definition) is 9. The van der Waals surface area contributed by atoms with Gasteiger partial charge in [-0.3, -0.25) is 14.9 Å². The van der Waals surface area contributed by atoms with Crippen molar-refractivity contribution in [2.75, 3.05) is 32.9 Å². The standard InChI is InChI=1S/C26H34N4O7S/c1-18(36-16-20-8-13-35-14-9-20)23(25(31)29-11-6-21(7-12-29)24-27-10-15-38-24)28-26(32)37-17-19-2-4-22(5-3-19)30(33)34/h2-5,10,15,18,20-21,23H,6-9,11-14,16-17H2,1H3,(H,28,32)/t18-,23+/m1/s1. The summed E-state index contributed by atoms with van der Waals surface area (Å²) in [6.07, 6.45) is 3.93. The van der Waals surface area contributed by atoms with Gasteiger partial charge in [-0.25, -0.2) is 9.78 Å². The first-order valence-electron chi connectivity index (χ1n) is 12.9. The van der Waals surface area contributed by atoms with Gasteiger partial charge in [0.15, 0.2) is 0 Å². The first-order valence-corrected chi connectivity index (χ1v) is 13.8. The van der Waals surface area contributed by atoms with Crippen molar-refractivity contribution in [3.8, 4) is 0 Å². The summed E-state index contributed by atoms with van der Waals surface area (Å²) in [5.74, 6) is 0.485. The second kappa shape index (κ2) is 13.6. The van der Waals surface area contributed by atoms with E-state index in [9.17, 15) is 19.7 Å². The molecule has 206 valence electrons. The monoisotopic (exact) mass is 546 g/mol. The van der Waals surface area contributed by atoms with E-state index >= 15 is 0 Å². The van der Waals surface area contributed by atoms with Gasteiger partial charge in [0.1, 0.15) is 12.6 Å². The fourth-order valence-electron chi connectivity index (χ4n) is 4.69. The molecule has 2 aromatic rings. The van der Waals surface area contributed by atoms with E-state index in [4.69, 9.17) is 14.2 Å². The third kappa shape index (κ3) is 7.71. The zero-order chi connectivity index (χ0) is 26.9. The number of nitrogens with one attached hydrogen (secondary N) is 1. The Bertz CT molecular complexity index is 1050. The van der Waals surface area contributed by atoms with E-state index in [2.05, 4.69) is 10.3 Å². The first-order chi connectivity index (χ1) is 18.4. The Labute approximate surface area is 225 Å². The van der Waals surface area contributed by atoms with Crippen molar-refractivity contribution in [3.05, 3.63) is 56.5 Å². The summed E-state index contributed by atoms with van der Waals surface area (Å²) >= 11 is 1.63. The lowest BCUT2D eigenvalue weighted by Gasteiger charge is -2.35. The molecule has 0 unspecified atom stereocenters. The van der Waals surface area contributed by atoms with E-state index in [1.54, 1.807) is 29.4 Å². The third-order valence-electron chi connectivity index (χ3n) is 7.07. The number of likely N-dealkylation sites (tertiary alicyclic amines) is 1. The van der Waals surface area contributed by atoms with Crippen molar-refractivity contribution in [3.63, 3.8) is 0 Å². The van der Waals surface area contributed by atoms with Crippen molar-refractivity contribution in [1.82, 2.24) is 15.2 Å². The average Bonchev–Trinajstić information content (AvgIpc) is 3.49. The number of nitro benzene ring substituents is 1. The molecule has 0 spiro atoms. The van der Waals surface area contributed by atoms with Gasteiger partial charge in [0.25, 0.3) is 5.69 Å². The highest BCUT2D eigenvalue weighted by molar-refractivity contribution is 7.09. The topological polar surface area (TPSA) is 133 Å². The van der Waals surface area contributed by atoms with Crippen LogP contribution in [0.3, 0.4) is 0 Å². The van der Waals surface area contributed by atoms with Gasteiger partial charge >= 0.3 is 6.09 Å². The second-order valence-corrected chi connectivity index (χ2v) is 10.6. The minimum atomic E-state index is -0.907. The molecule has 3 heterocycles. The Kier molecular flexibility index (Phi) is 10.0. The van der Waals surface area contributed by atoms with Gasteiger partial charge in [-0.05, 0) is 56.2 Å². The second-order valence-electron chi connectivity index (χ2n) is 9.69. The maximum atomic E-state index is 13.6. The molecule has 2 fully saturated rings. The normalized spacial score (nSPS) is 18.5. The Morgan fingerprint density at radius 3 is 2.55 bits per heavy atom. The van der Waals surface area contributed by atoms with Gasteiger partial charge in [0.05, 0.1) is 22.6 Å². The number of nitro groups is 1. The van der Waals surface area contributed by atoms with E-state index in [1.165, 1.54) is 24.3 Å². The minimum absolute atomic E-state index is 0.0435. The summed E-state index contributed by atoms with van der Waals surface area (Å²) in [6.45, 7) is 4.75. The molecule has 12 heteroatoms. The lowest BCUT2D eigenvalue weighted by Crippen LogP contribution is -2.55. The number of piperidine rings is 1. The zero-order valence-corrected chi connectivity index (χ0v) is 22.3. The number of hydrogen-bond donors (Lipinski definition) is 1. The fraction of sp³-hybridized carbons (Fsp3) is 0.577. The molecular formula is C26H34N4O7S. The third-order valence-corrected chi connectivity index (χ3v) is 8.01. The van der Waals surface area contributed by atoms with Crippen molar-refractivity contribution < 1.29 is 28.7 Å². The van der Waals surface area contributed by atoms with E-state index < -0.39 is 23.2 Å². The smallest absolute Gasteiger partial charge is 0.408 e. The molecule has 1 aromatic heterocycles. The molecule has 38 heavy (non-hydrogen) atoms. The van der Waals surface area contributed by atoms with Gasteiger partial charge in [-0.15, -0.1) is 11.3 Å². The highest BCUT2D eigenvalue weighted by Gasteiger charge is 2.35. The number of carbonyl (C=O) groups is 2. The Morgan fingerprint density at radius 2 is 1.92 bits per heavy atom. The minimum Gasteiger partial charge on any atom is -0.445 e. The lowest BCUT2D eigenvalue weighted by atomic mass is 9.96. The molecule has 2 atom stereocenters. The number of aromatic nitrogens is 1. The number of non-ortho nitro benzene ring substituents is 1. The van der Waals surface area contributed by atoms with Crippen LogP contribution in [0.4, 0.5) is 10.5 Å². The van der Waals surface area contributed by atoms with Gasteiger partial charge in [0, 0.05) is 55.9 Å². The Morgan fingerprint density at radius 1 is 1.21 bits per heavy atom. The van der Waals surface area contributed by atoms with Crippen LogP contribution in [0.2, 0.25) is 0 Å². The van der Waals surface area contributed by atoms with Crippen LogP contribution >= 0.6 is 11.3 Å². The van der Waals surface area contributed by atoms with Crippen molar-refractivity contribution in [2.45, 2.75) is 57.3 Å². The predicted molar refractivity (Wildman–Crippen MR) is 140 cm³/mol. The Hall–Kier alpha value is -3.09. The molecule has 2 amide bonds.